The van der Waals surface area contributed by atoms with E-state index in [0.717, 1.165) is 83.5 Å². The van der Waals surface area contributed by atoms with Gasteiger partial charge < -0.3 is 26.2 Å². The molecule has 0 heterocycles. The number of carbonyl (C=O) groups excluding carboxylic acids is 4. The molecule has 10 heteroatoms. The molecule has 57 heavy (non-hydrogen) atoms. The zero-order chi connectivity index (χ0) is 41.8. The van der Waals surface area contributed by atoms with Crippen LogP contribution in [-0.4, -0.2) is 60.8 Å². The molecule has 5 aliphatic rings. The van der Waals surface area contributed by atoms with Crippen molar-refractivity contribution >= 4 is 23.8 Å². The van der Waals surface area contributed by atoms with E-state index in [-0.39, 0.29) is 58.5 Å². The van der Waals surface area contributed by atoms with Crippen molar-refractivity contribution < 1.29 is 29.0 Å². The standard InChI is InChI=1S/C47H80N4O6/c1-9-10-30-57-42(56)51-40(54)34(17-19-38(48)53)49-28-14-12-11-13-15-29-50-41(55)47-25-20-32(31(2)3)39(47)33-16-18-36-44(6)23-22-37(52)43(4,5)35(44)21-24-46(36,8)45(33,7)26-27-47/h32-37,39,49,52H,2,9-30H2,1,3-8H3,(H2,48,53)(H,50,55)(H,51,54,56)/t32-,33+,34-,35-,36+,37-,39+,44-,45+,46+,47-/m0/s1. The Morgan fingerprint density at radius 2 is 1.53 bits per heavy atom. The normalized spacial score (nSPS) is 37.1. The molecular weight excluding hydrogens is 717 g/mol. The van der Waals surface area contributed by atoms with Crippen LogP contribution in [0, 0.1) is 56.7 Å². The Balaban J connectivity index is 1.12. The molecule has 5 aliphatic carbocycles. The predicted molar refractivity (Wildman–Crippen MR) is 226 cm³/mol. The maximum atomic E-state index is 14.5. The number of primary amides is 1. The number of fused-ring (bicyclic) bond motifs is 7. The highest BCUT2D eigenvalue weighted by molar-refractivity contribution is 5.95. The lowest BCUT2D eigenvalue weighted by molar-refractivity contribution is -0.246. The van der Waals surface area contributed by atoms with Gasteiger partial charge in [-0.05, 0) is 155 Å². The molecule has 324 valence electrons. The molecule has 0 spiro atoms. The lowest BCUT2D eigenvalue weighted by Gasteiger charge is -2.72. The first-order valence-corrected chi connectivity index (χ1v) is 23.0. The number of alkyl carbamates (subject to hydrolysis) is 1. The third-order valence-electron chi connectivity index (χ3n) is 17.5. The highest BCUT2D eigenvalue weighted by Gasteiger charge is 2.71. The van der Waals surface area contributed by atoms with Gasteiger partial charge in [0.05, 0.1) is 24.2 Å². The molecule has 0 radical (unpaired) electrons. The van der Waals surface area contributed by atoms with Crippen molar-refractivity contribution in [2.24, 2.45) is 62.4 Å². The van der Waals surface area contributed by atoms with Crippen LogP contribution in [0.4, 0.5) is 4.79 Å². The number of nitrogens with one attached hydrogen (secondary N) is 3. The van der Waals surface area contributed by atoms with Gasteiger partial charge in [-0.25, -0.2) is 4.79 Å². The van der Waals surface area contributed by atoms with E-state index in [9.17, 15) is 24.3 Å². The quantitative estimate of drug-likeness (QED) is 0.0689. The highest BCUT2D eigenvalue weighted by atomic mass is 16.5. The van der Waals surface area contributed by atoms with Crippen LogP contribution in [0.1, 0.15) is 170 Å². The molecule has 0 aromatic rings. The Morgan fingerprint density at radius 3 is 2.21 bits per heavy atom. The maximum absolute atomic E-state index is 14.5. The van der Waals surface area contributed by atoms with E-state index >= 15 is 0 Å². The number of amides is 4. The molecule has 5 fully saturated rings. The van der Waals surface area contributed by atoms with Crippen molar-refractivity contribution in [2.45, 2.75) is 183 Å². The largest absolute Gasteiger partial charge is 0.449 e. The van der Waals surface area contributed by atoms with Gasteiger partial charge in [-0.2, -0.15) is 0 Å². The molecule has 0 aromatic carbocycles. The topological polar surface area (TPSA) is 160 Å². The Bertz CT molecular complexity index is 1470. The van der Waals surface area contributed by atoms with Crippen LogP contribution >= 0.6 is 0 Å². The van der Waals surface area contributed by atoms with Gasteiger partial charge in [-0.1, -0.05) is 79.4 Å². The van der Waals surface area contributed by atoms with Gasteiger partial charge >= 0.3 is 6.09 Å². The molecule has 4 amide bonds. The number of hydrogen-bond donors (Lipinski definition) is 5. The molecule has 6 N–H and O–H groups in total. The molecule has 0 saturated heterocycles. The molecule has 0 aromatic heterocycles. The van der Waals surface area contributed by atoms with E-state index < -0.39 is 23.9 Å². The van der Waals surface area contributed by atoms with Crippen molar-refractivity contribution in [1.29, 1.82) is 0 Å². The molecule has 5 rings (SSSR count). The molecule has 0 aliphatic heterocycles. The van der Waals surface area contributed by atoms with Crippen LogP contribution in [0.15, 0.2) is 12.2 Å². The van der Waals surface area contributed by atoms with Crippen LogP contribution < -0.4 is 21.7 Å². The summed E-state index contributed by atoms with van der Waals surface area (Å²) in [6.07, 6.45) is 16.6. The summed E-state index contributed by atoms with van der Waals surface area (Å²) in [6.45, 7) is 22.7. The fourth-order valence-corrected chi connectivity index (χ4v) is 14.1. The minimum absolute atomic E-state index is 0.0440. The van der Waals surface area contributed by atoms with Crippen molar-refractivity contribution in [3.63, 3.8) is 0 Å². The average molecular weight is 797 g/mol. The number of carbonyl (C=O) groups is 4. The number of nitrogens with two attached hydrogens (primary N) is 1. The minimum Gasteiger partial charge on any atom is -0.449 e. The van der Waals surface area contributed by atoms with Gasteiger partial charge in [0.1, 0.15) is 0 Å². The molecule has 10 nitrogen and oxygen atoms in total. The first-order valence-electron chi connectivity index (χ1n) is 23.0. The average Bonchev–Trinajstić information content (AvgIpc) is 3.55. The van der Waals surface area contributed by atoms with Gasteiger partial charge in [-0.15, -0.1) is 0 Å². The summed E-state index contributed by atoms with van der Waals surface area (Å²) in [5, 5.41) is 20.0. The summed E-state index contributed by atoms with van der Waals surface area (Å²) in [6, 6.07) is -0.706. The van der Waals surface area contributed by atoms with Crippen molar-refractivity contribution in [2.75, 3.05) is 19.7 Å². The second-order valence-corrected chi connectivity index (χ2v) is 20.7. The van der Waals surface area contributed by atoms with Gasteiger partial charge in [0.15, 0.2) is 0 Å². The number of hydrogen-bond acceptors (Lipinski definition) is 7. The summed E-state index contributed by atoms with van der Waals surface area (Å²) in [7, 11) is 0. The Labute approximate surface area is 344 Å². The fraction of sp³-hybridized carbons (Fsp3) is 0.872. The van der Waals surface area contributed by atoms with Crippen molar-refractivity contribution in [3.05, 3.63) is 12.2 Å². The molecule has 0 bridgehead atoms. The van der Waals surface area contributed by atoms with E-state index in [1.807, 2.05) is 6.92 Å². The second-order valence-electron chi connectivity index (χ2n) is 20.7. The van der Waals surface area contributed by atoms with Crippen molar-refractivity contribution in [1.82, 2.24) is 16.0 Å². The van der Waals surface area contributed by atoms with Gasteiger partial charge in [0.25, 0.3) is 0 Å². The molecule has 5 saturated carbocycles. The van der Waals surface area contributed by atoms with E-state index in [1.54, 1.807) is 0 Å². The van der Waals surface area contributed by atoms with Gasteiger partial charge in [0.2, 0.25) is 17.7 Å². The first kappa shape index (κ1) is 45.6. The maximum Gasteiger partial charge on any atom is 0.413 e. The van der Waals surface area contributed by atoms with E-state index in [4.69, 9.17) is 10.5 Å². The number of aliphatic hydroxyl groups is 1. The number of imide groups is 1. The minimum atomic E-state index is -0.772. The lowest BCUT2D eigenvalue weighted by Crippen LogP contribution is -2.67. The number of rotatable bonds is 18. The van der Waals surface area contributed by atoms with Crippen LogP contribution in [0.2, 0.25) is 0 Å². The fourth-order valence-electron chi connectivity index (χ4n) is 14.1. The highest BCUT2D eigenvalue weighted by Crippen LogP contribution is 2.77. The summed E-state index contributed by atoms with van der Waals surface area (Å²) >= 11 is 0. The number of aliphatic hydroxyl groups excluding tert-OH is 1. The van der Waals surface area contributed by atoms with Crippen LogP contribution in [0.5, 0.6) is 0 Å². The zero-order valence-corrected chi connectivity index (χ0v) is 36.9. The van der Waals surface area contributed by atoms with Gasteiger partial charge in [-0.3, -0.25) is 19.7 Å². The predicted octanol–water partition coefficient (Wildman–Crippen LogP) is 8.35. The second kappa shape index (κ2) is 18.4. The summed E-state index contributed by atoms with van der Waals surface area (Å²) in [5.41, 5.74) is 6.85. The third-order valence-corrected chi connectivity index (χ3v) is 17.5. The van der Waals surface area contributed by atoms with Gasteiger partial charge in [0, 0.05) is 13.0 Å². The monoisotopic (exact) mass is 797 g/mol. The third kappa shape index (κ3) is 8.88. The number of allylic oxidation sites excluding steroid dienone is 1. The number of ether oxygens (including phenoxy) is 1. The van der Waals surface area contributed by atoms with Crippen LogP contribution in [0.25, 0.3) is 0 Å². The van der Waals surface area contributed by atoms with Crippen LogP contribution in [-0.2, 0) is 19.1 Å². The summed E-state index contributed by atoms with van der Waals surface area (Å²) in [5.74, 6) is 1.72. The number of unbranched alkanes of at least 4 members (excludes halogenated alkanes) is 5. The van der Waals surface area contributed by atoms with E-state index in [0.29, 0.717) is 42.7 Å². The Morgan fingerprint density at radius 1 is 0.825 bits per heavy atom. The summed E-state index contributed by atoms with van der Waals surface area (Å²) in [4.78, 5) is 50.6. The SMILES string of the molecule is C=C(C)[C@@H]1CC[C@]2(C(=O)NCCCCCCCN[C@@H](CCC(N)=O)C(=O)NC(=O)OCCCC)CC[C@]3(C)[C@H](CC[C@@H]4[C@@]5(C)CC[C@H](O)C(C)(C)[C@@H]5CC[C@]43C)[C@@H]12. The van der Waals surface area contributed by atoms with E-state index in [1.165, 1.54) is 31.3 Å². The van der Waals surface area contributed by atoms with Crippen molar-refractivity contribution in [3.8, 4) is 0 Å². The summed E-state index contributed by atoms with van der Waals surface area (Å²) < 4.78 is 5.05. The molecule has 11 atom stereocenters. The Kier molecular flexibility index (Phi) is 14.8. The Hall–Kier alpha value is -2.46. The lowest BCUT2D eigenvalue weighted by atomic mass is 9.32. The molecule has 0 unspecified atom stereocenters. The van der Waals surface area contributed by atoms with E-state index in [2.05, 4.69) is 64.1 Å². The smallest absolute Gasteiger partial charge is 0.413 e. The first-order chi connectivity index (χ1) is 26.9. The van der Waals surface area contributed by atoms with Crippen LogP contribution in [0.3, 0.4) is 0 Å². The molecular formula is C47H80N4O6. The zero-order valence-electron chi connectivity index (χ0n) is 36.9.